The van der Waals surface area contributed by atoms with Gasteiger partial charge >= 0.3 is 0 Å². The quantitative estimate of drug-likeness (QED) is 0.471. The Hall–Kier alpha value is -3.01. The van der Waals surface area contributed by atoms with E-state index >= 15 is 0 Å². The molecule has 0 aliphatic carbocycles. The molecule has 0 radical (unpaired) electrons. The normalized spacial score (nSPS) is 10.8. The van der Waals surface area contributed by atoms with Gasteiger partial charge in [-0.25, -0.2) is 15.0 Å². The van der Waals surface area contributed by atoms with E-state index in [-0.39, 0.29) is 0 Å². The SMILES string of the molecule is CN(C)CCCOc1nc2cccnc2nc1C#Cc1ccc(CCCN)cc1. The number of nitrogens with two attached hydrogens (primary N) is 1. The van der Waals surface area contributed by atoms with Gasteiger partial charge in [-0.15, -0.1) is 0 Å². The van der Waals surface area contributed by atoms with E-state index in [9.17, 15) is 0 Å². The predicted octanol–water partition coefficient (Wildman–Crippen LogP) is 2.65. The molecule has 2 N–H and O–H groups in total. The third-order valence-electron chi connectivity index (χ3n) is 4.35. The number of hydrogen-bond donors (Lipinski definition) is 1. The summed E-state index contributed by atoms with van der Waals surface area (Å²) in [6.07, 6.45) is 4.57. The van der Waals surface area contributed by atoms with Crippen molar-refractivity contribution < 1.29 is 4.74 Å². The smallest absolute Gasteiger partial charge is 0.249 e. The van der Waals surface area contributed by atoms with Crippen molar-refractivity contribution in [2.45, 2.75) is 19.3 Å². The zero-order valence-electron chi connectivity index (χ0n) is 17.1. The summed E-state index contributed by atoms with van der Waals surface area (Å²) in [5, 5.41) is 0. The number of aromatic nitrogens is 3. The van der Waals surface area contributed by atoms with Gasteiger partial charge in [0, 0.05) is 18.3 Å². The van der Waals surface area contributed by atoms with Crippen LogP contribution in [0.25, 0.3) is 11.2 Å². The molecular weight excluding hydrogens is 362 g/mol. The summed E-state index contributed by atoms with van der Waals surface area (Å²) >= 11 is 0. The molecule has 0 amide bonds. The van der Waals surface area contributed by atoms with Crippen LogP contribution in [-0.4, -0.2) is 53.6 Å². The van der Waals surface area contributed by atoms with Crippen molar-refractivity contribution in [3.63, 3.8) is 0 Å². The molecule has 3 rings (SSSR count). The molecule has 0 atom stereocenters. The number of benzene rings is 1. The molecule has 29 heavy (non-hydrogen) atoms. The fraction of sp³-hybridized carbons (Fsp3) is 0.348. The van der Waals surface area contributed by atoms with E-state index in [1.54, 1.807) is 6.20 Å². The summed E-state index contributed by atoms with van der Waals surface area (Å²) in [6, 6.07) is 11.9. The lowest BCUT2D eigenvalue weighted by Gasteiger charge is -2.11. The summed E-state index contributed by atoms with van der Waals surface area (Å²) in [4.78, 5) is 15.5. The molecule has 0 aliphatic heterocycles. The van der Waals surface area contributed by atoms with E-state index in [2.05, 4.69) is 43.8 Å². The Bertz CT molecular complexity index is 990. The van der Waals surface area contributed by atoms with Crippen LogP contribution in [0.3, 0.4) is 0 Å². The summed E-state index contributed by atoms with van der Waals surface area (Å²) in [5.74, 6) is 6.73. The molecule has 0 spiro atoms. The lowest BCUT2D eigenvalue weighted by Crippen LogP contribution is -2.16. The lowest BCUT2D eigenvalue weighted by atomic mass is 10.1. The zero-order valence-corrected chi connectivity index (χ0v) is 17.1. The molecule has 3 aromatic rings. The van der Waals surface area contributed by atoms with Crippen molar-refractivity contribution in [1.29, 1.82) is 0 Å². The Morgan fingerprint density at radius 3 is 2.62 bits per heavy atom. The number of ether oxygens (including phenoxy) is 1. The van der Waals surface area contributed by atoms with E-state index in [1.165, 1.54) is 5.56 Å². The van der Waals surface area contributed by atoms with Crippen LogP contribution in [-0.2, 0) is 6.42 Å². The maximum atomic E-state index is 5.91. The third kappa shape index (κ3) is 6.24. The van der Waals surface area contributed by atoms with Crippen molar-refractivity contribution in [3.8, 4) is 17.7 Å². The second-order valence-corrected chi connectivity index (χ2v) is 7.07. The van der Waals surface area contributed by atoms with Crippen molar-refractivity contribution in [2.75, 3.05) is 33.8 Å². The minimum absolute atomic E-state index is 0.455. The monoisotopic (exact) mass is 389 g/mol. The molecule has 0 aliphatic rings. The molecule has 2 heterocycles. The van der Waals surface area contributed by atoms with Crippen LogP contribution in [0.4, 0.5) is 0 Å². The first-order valence-electron chi connectivity index (χ1n) is 9.87. The van der Waals surface area contributed by atoms with Crippen LogP contribution < -0.4 is 10.5 Å². The fourth-order valence-electron chi connectivity index (χ4n) is 2.80. The van der Waals surface area contributed by atoms with Crippen molar-refractivity contribution in [1.82, 2.24) is 19.9 Å². The van der Waals surface area contributed by atoms with E-state index in [4.69, 9.17) is 10.5 Å². The topological polar surface area (TPSA) is 77.2 Å². The molecule has 150 valence electrons. The summed E-state index contributed by atoms with van der Waals surface area (Å²) in [5.41, 5.74) is 9.53. The van der Waals surface area contributed by atoms with Gasteiger partial charge in [-0.3, -0.25) is 0 Å². The van der Waals surface area contributed by atoms with Crippen molar-refractivity contribution >= 4 is 11.2 Å². The van der Waals surface area contributed by atoms with Gasteiger partial charge in [-0.05, 0) is 75.7 Å². The zero-order chi connectivity index (χ0) is 20.5. The second kappa shape index (κ2) is 10.5. The predicted molar refractivity (Wildman–Crippen MR) is 116 cm³/mol. The van der Waals surface area contributed by atoms with Gasteiger partial charge in [0.15, 0.2) is 11.3 Å². The van der Waals surface area contributed by atoms with Gasteiger partial charge < -0.3 is 15.4 Å². The second-order valence-electron chi connectivity index (χ2n) is 7.07. The Kier molecular flexibility index (Phi) is 7.51. The van der Waals surface area contributed by atoms with Gasteiger partial charge in [0.2, 0.25) is 5.88 Å². The Morgan fingerprint density at radius 2 is 1.86 bits per heavy atom. The third-order valence-corrected chi connectivity index (χ3v) is 4.35. The van der Waals surface area contributed by atoms with Gasteiger partial charge in [-0.1, -0.05) is 18.1 Å². The molecule has 0 saturated carbocycles. The van der Waals surface area contributed by atoms with Crippen LogP contribution in [0.1, 0.15) is 29.7 Å². The standard InChI is InChI=1S/C23H27N5O/c1-28(2)16-5-17-29-23-21(26-22-20(27-23)7-4-15-25-22)13-12-19-10-8-18(9-11-19)6-3-14-24/h4,7-11,15H,3,5-6,14,16-17,24H2,1-2H3. The van der Waals surface area contributed by atoms with Crippen LogP contribution in [0, 0.1) is 11.8 Å². The maximum Gasteiger partial charge on any atom is 0.249 e. The Balaban J connectivity index is 1.81. The molecule has 6 nitrogen and oxygen atoms in total. The number of nitrogens with zero attached hydrogens (tertiary/aromatic N) is 4. The number of hydrogen-bond acceptors (Lipinski definition) is 6. The molecular formula is C23H27N5O. The van der Waals surface area contributed by atoms with Crippen LogP contribution in [0.2, 0.25) is 0 Å². The highest BCUT2D eigenvalue weighted by atomic mass is 16.5. The molecule has 6 heteroatoms. The molecule has 0 bridgehead atoms. The molecule has 0 unspecified atom stereocenters. The first kappa shape index (κ1) is 20.7. The van der Waals surface area contributed by atoms with E-state index < -0.39 is 0 Å². The summed E-state index contributed by atoms with van der Waals surface area (Å²) in [6.45, 7) is 2.21. The van der Waals surface area contributed by atoms with E-state index in [1.807, 2.05) is 38.4 Å². The van der Waals surface area contributed by atoms with Gasteiger partial charge in [-0.2, -0.15) is 0 Å². The minimum Gasteiger partial charge on any atom is -0.476 e. The van der Waals surface area contributed by atoms with Gasteiger partial charge in [0.25, 0.3) is 0 Å². The average Bonchev–Trinajstić information content (AvgIpc) is 2.74. The molecule has 1 aromatic carbocycles. The highest BCUT2D eigenvalue weighted by Crippen LogP contribution is 2.17. The Morgan fingerprint density at radius 1 is 1.03 bits per heavy atom. The first-order chi connectivity index (χ1) is 14.2. The lowest BCUT2D eigenvalue weighted by molar-refractivity contribution is 0.272. The fourth-order valence-corrected chi connectivity index (χ4v) is 2.80. The summed E-state index contributed by atoms with van der Waals surface area (Å²) in [7, 11) is 4.08. The minimum atomic E-state index is 0.455. The largest absolute Gasteiger partial charge is 0.476 e. The van der Waals surface area contributed by atoms with Gasteiger partial charge in [0.05, 0.1) is 6.61 Å². The van der Waals surface area contributed by atoms with Crippen molar-refractivity contribution in [2.24, 2.45) is 5.73 Å². The Labute approximate surface area is 172 Å². The highest BCUT2D eigenvalue weighted by molar-refractivity contribution is 5.71. The summed E-state index contributed by atoms with van der Waals surface area (Å²) < 4.78 is 5.91. The first-order valence-corrected chi connectivity index (χ1v) is 9.87. The molecule has 0 saturated heterocycles. The van der Waals surface area contributed by atoms with Crippen LogP contribution in [0.15, 0.2) is 42.6 Å². The van der Waals surface area contributed by atoms with E-state index in [0.29, 0.717) is 35.9 Å². The number of aryl methyl sites for hydroxylation is 1. The highest BCUT2D eigenvalue weighted by Gasteiger charge is 2.09. The number of pyridine rings is 1. The number of rotatable bonds is 8. The van der Waals surface area contributed by atoms with Crippen LogP contribution >= 0.6 is 0 Å². The average molecular weight is 390 g/mol. The van der Waals surface area contributed by atoms with Crippen molar-refractivity contribution in [3.05, 3.63) is 59.4 Å². The number of fused-ring (bicyclic) bond motifs is 1. The molecule has 0 fully saturated rings. The van der Waals surface area contributed by atoms with Crippen LogP contribution in [0.5, 0.6) is 5.88 Å². The maximum absolute atomic E-state index is 5.91. The van der Waals surface area contributed by atoms with Gasteiger partial charge in [0.1, 0.15) is 5.52 Å². The van der Waals surface area contributed by atoms with E-state index in [0.717, 1.165) is 31.4 Å². The molecule has 2 aromatic heterocycles.